The monoisotopic (exact) mass is 400 g/mol. The number of hydrogen-bond acceptors (Lipinski definition) is 1. The summed E-state index contributed by atoms with van der Waals surface area (Å²) >= 11 is 0. The molecule has 150 valence electrons. The van der Waals surface area contributed by atoms with Gasteiger partial charge in [0, 0.05) is 6.54 Å². The van der Waals surface area contributed by atoms with Crippen LogP contribution >= 0.6 is 0 Å². The van der Waals surface area contributed by atoms with Crippen LogP contribution in [0.15, 0.2) is 121 Å². The summed E-state index contributed by atoms with van der Waals surface area (Å²) in [6.07, 6.45) is 4.40. The Morgan fingerprint density at radius 3 is 1.84 bits per heavy atom. The van der Waals surface area contributed by atoms with Gasteiger partial charge in [-0.1, -0.05) is 115 Å². The first-order chi connectivity index (χ1) is 15.4. The molecule has 0 saturated heterocycles. The maximum absolute atomic E-state index is 5.12. The maximum Gasteiger partial charge on any atom is 0.122 e. The van der Waals surface area contributed by atoms with E-state index < -0.39 is 0 Å². The number of hydrogen-bond donors (Lipinski definition) is 0. The number of benzene rings is 4. The molecule has 0 spiro atoms. The van der Waals surface area contributed by atoms with Gasteiger partial charge in [0.1, 0.15) is 5.82 Å². The second kappa shape index (κ2) is 8.85. The fourth-order valence-corrected chi connectivity index (χ4v) is 4.15. The zero-order valence-corrected chi connectivity index (χ0v) is 17.3. The molecular formula is C29H24N2. The SMILES string of the molecule is C(=C\c1ccccc1)/Cn1c(C(c2ccccc2)c2ccccc2)nc2ccccc21. The Morgan fingerprint density at radius 2 is 1.19 bits per heavy atom. The second-order valence-corrected chi connectivity index (χ2v) is 7.64. The van der Waals surface area contributed by atoms with Gasteiger partial charge < -0.3 is 4.57 Å². The molecule has 2 nitrogen and oxygen atoms in total. The van der Waals surface area contributed by atoms with Gasteiger partial charge in [-0.25, -0.2) is 4.98 Å². The van der Waals surface area contributed by atoms with E-state index in [9.17, 15) is 0 Å². The average Bonchev–Trinajstić information content (AvgIpc) is 3.19. The summed E-state index contributed by atoms with van der Waals surface area (Å²) in [6, 6.07) is 40.2. The highest BCUT2D eigenvalue weighted by atomic mass is 15.1. The van der Waals surface area contributed by atoms with Crippen LogP contribution in [0.1, 0.15) is 28.4 Å². The first-order valence-electron chi connectivity index (χ1n) is 10.7. The predicted molar refractivity (Wildman–Crippen MR) is 129 cm³/mol. The molecule has 0 fully saturated rings. The lowest BCUT2D eigenvalue weighted by Crippen LogP contribution is -2.11. The number of rotatable bonds is 6. The maximum atomic E-state index is 5.12. The number of nitrogens with zero attached hydrogens (tertiary/aromatic N) is 2. The highest BCUT2D eigenvalue weighted by Crippen LogP contribution is 2.33. The van der Waals surface area contributed by atoms with Crippen LogP contribution in [0.3, 0.4) is 0 Å². The van der Waals surface area contributed by atoms with Crippen molar-refractivity contribution in [2.75, 3.05) is 0 Å². The van der Waals surface area contributed by atoms with Crippen molar-refractivity contribution in [2.24, 2.45) is 0 Å². The van der Waals surface area contributed by atoms with Crippen molar-refractivity contribution >= 4 is 17.1 Å². The van der Waals surface area contributed by atoms with E-state index in [2.05, 4.69) is 126 Å². The minimum atomic E-state index is 0.0694. The molecule has 5 aromatic rings. The molecule has 0 bridgehead atoms. The van der Waals surface area contributed by atoms with E-state index in [-0.39, 0.29) is 5.92 Å². The van der Waals surface area contributed by atoms with Crippen molar-refractivity contribution < 1.29 is 0 Å². The van der Waals surface area contributed by atoms with Crippen LogP contribution in [-0.2, 0) is 6.54 Å². The van der Waals surface area contributed by atoms with Crippen molar-refractivity contribution in [3.63, 3.8) is 0 Å². The van der Waals surface area contributed by atoms with Crippen LogP contribution in [0.5, 0.6) is 0 Å². The standard InChI is InChI=1S/C29H24N2/c1-4-13-23(14-5-1)15-12-22-31-27-21-11-10-20-26(27)30-29(31)28(24-16-6-2-7-17-24)25-18-8-3-9-19-25/h1-21,28H,22H2/b15-12+. The summed E-state index contributed by atoms with van der Waals surface area (Å²) in [7, 11) is 0. The summed E-state index contributed by atoms with van der Waals surface area (Å²) in [5.41, 5.74) is 5.89. The Bertz CT molecular complexity index is 1250. The molecule has 5 rings (SSSR count). The van der Waals surface area contributed by atoms with Gasteiger partial charge in [0.2, 0.25) is 0 Å². The Labute approximate surface area is 183 Å². The molecule has 2 heteroatoms. The molecule has 0 radical (unpaired) electrons. The van der Waals surface area contributed by atoms with Gasteiger partial charge in [-0.2, -0.15) is 0 Å². The lowest BCUT2D eigenvalue weighted by atomic mass is 9.90. The van der Waals surface area contributed by atoms with Gasteiger partial charge in [-0.3, -0.25) is 0 Å². The fraction of sp³-hybridized carbons (Fsp3) is 0.0690. The lowest BCUT2D eigenvalue weighted by molar-refractivity contribution is 0.736. The smallest absolute Gasteiger partial charge is 0.122 e. The second-order valence-electron chi connectivity index (χ2n) is 7.64. The molecule has 1 aromatic heterocycles. The van der Waals surface area contributed by atoms with Crippen molar-refractivity contribution in [1.29, 1.82) is 0 Å². The molecule has 4 aromatic carbocycles. The van der Waals surface area contributed by atoms with Gasteiger partial charge in [0.25, 0.3) is 0 Å². The lowest BCUT2D eigenvalue weighted by Gasteiger charge is -2.19. The minimum absolute atomic E-state index is 0.0694. The van der Waals surface area contributed by atoms with Crippen molar-refractivity contribution in [2.45, 2.75) is 12.5 Å². The first kappa shape index (κ1) is 19.1. The predicted octanol–water partition coefficient (Wildman–Crippen LogP) is 6.93. The molecule has 0 atom stereocenters. The van der Waals surface area contributed by atoms with E-state index in [1.54, 1.807) is 0 Å². The summed E-state index contributed by atoms with van der Waals surface area (Å²) in [4.78, 5) is 5.12. The van der Waals surface area contributed by atoms with Crippen LogP contribution < -0.4 is 0 Å². The van der Waals surface area contributed by atoms with Crippen LogP contribution in [0.25, 0.3) is 17.1 Å². The third-order valence-corrected chi connectivity index (χ3v) is 5.61. The van der Waals surface area contributed by atoms with Gasteiger partial charge in [0.05, 0.1) is 17.0 Å². The highest BCUT2D eigenvalue weighted by Gasteiger charge is 2.23. The topological polar surface area (TPSA) is 17.8 Å². The number of allylic oxidation sites excluding steroid dienone is 1. The van der Waals surface area contributed by atoms with E-state index in [0.717, 1.165) is 23.4 Å². The molecular weight excluding hydrogens is 376 g/mol. The minimum Gasteiger partial charge on any atom is -0.323 e. The zero-order chi connectivity index (χ0) is 20.9. The van der Waals surface area contributed by atoms with Gasteiger partial charge in [-0.05, 0) is 28.8 Å². The molecule has 31 heavy (non-hydrogen) atoms. The van der Waals surface area contributed by atoms with E-state index in [1.165, 1.54) is 16.7 Å². The quantitative estimate of drug-likeness (QED) is 0.302. The molecule has 0 amide bonds. The largest absolute Gasteiger partial charge is 0.323 e. The Morgan fingerprint density at radius 1 is 0.645 bits per heavy atom. The van der Waals surface area contributed by atoms with E-state index in [1.807, 2.05) is 6.07 Å². The van der Waals surface area contributed by atoms with Crippen molar-refractivity contribution in [1.82, 2.24) is 9.55 Å². The number of para-hydroxylation sites is 2. The van der Waals surface area contributed by atoms with E-state index in [4.69, 9.17) is 4.98 Å². The molecule has 0 saturated carbocycles. The molecule has 0 aliphatic carbocycles. The molecule has 0 unspecified atom stereocenters. The van der Waals surface area contributed by atoms with Crippen LogP contribution in [0.2, 0.25) is 0 Å². The summed E-state index contributed by atoms with van der Waals surface area (Å²) in [5.74, 6) is 1.14. The first-order valence-corrected chi connectivity index (χ1v) is 10.7. The molecule has 0 aliphatic heterocycles. The van der Waals surface area contributed by atoms with Crippen molar-refractivity contribution in [3.8, 4) is 0 Å². The normalized spacial score (nSPS) is 11.5. The Kier molecular flexibility index (Phi) is 5.44. The van der Waals surface area contributed by atoms with Gasteiger partial charge >= 0.3 is 0 Å². The van der Waals surface area contributed by atoms with Crippen molar-refractivity contribution in [3.05, 3.63) is 144 Å². The van der Waals surface area contributed by atoms with E-state index in [0.29, 0.717) is 0 Å². The number of aromatic nitrogens is 2. The average molecular weight is 401 g/mol. The molecule has 0 N–H and O–H groups in total. The summed E-state index contributed by atoms with van der Waals surface area (Å²) < 4.78 is 2.35. The molecule has 1 heterocycles. The van der Waals surface area contributed by atoms with Crippen LogP contribution in [0.4, 0.5) is 0 Å². The fourth-order valence-electron chi connectivity index (χ4n) is 4.15. The third-order valence-electron chi connectivity index (χ3n) is 5.61. The molecule has 0 aliphatic rings. The zero-order valence-electron chi connectivity index (χ0n) is 17.3. The Balaban J connectivity index is 1.64. The Hall–Kier alpha value is -3.91. The number of fused-ring (bicyclic) bond motifs is 1. The summed E-state index contributed by atoms with van der Waals surface area (Å²) in [5, 5.41) is 0. The van der Waals surface area contributed by atoms with Crippen LogP contribution in [-0.4, -0.2) is 9.55 Å². The van der Waals surface area contributed by atoms with E-state index >= 15 is 0 Å². The van der Waals surface area contributed by atoms with Crippen LogP contribution in [0, 0.1) is 0 Å². The summed E-state index contributed by atoms with van der Waals surface area (Å²) in [6.45, 7) is 0.765. The highest BCUT2D eigenvalue weighted by molar-refractivity contribution is 5.76. The number of imidazole rings is 1. The van der Waals surface area contributed by atoms with Gasteiger partial charge in [0.15, 0.2) is 0 Å². The van der Waals surface area contributed by atoms with Gasteiger partial charge in [-0.15, -0.1) is 0 Å². The third kappa shape index (κ3) is 4.06.